The van der Waals surface area contributed by atoms with Crippen LogP contribution in [0, 0.1) is 0 Å². The highest BCUT2D eigenvalue weighted by Crippen LogP contribution is 2.40. The molecule has 4 aromatic rings. The first-order valence-corrected chi connectivity index (χ1v) is 11.3. The van der Waals surface area contributed by atoms with Crippen LogP contribution in [-0.2, 0) is 11.8 Å². The van der Waals surface area contributed by atoms with Crippen molar-refractivity contribution in [3.63, 3.8) is 0 Å². The van der Waals surface area contributed by atoms with E-state index in [4.69, 9.17) is 14.6 Å². The number of nitrogens with one attached hydrogen (secondary N) is 1. The Morgan fingerprint density at radius 3 is 2.85 bits per heavy atom. The van der Waals surface area contributed by atoms with Crippen LogP contribution in [-0.4, -0.2) is 51.8 Å². The second kappa shape index (κ2) is 9.14. The van der Waals surface area contributed by atoms with Gasteiger partial charge in [0.1, 0.15) is 25.3 Å². The summed E-state index contributed by atoms with van der Waals surface area (Å²) in [7, 11) is 1.84. The van der Waals surface area contributed by atoms with Crippen molar-refractivity contribution in [2.45, 2.75) is 0 Å². The van der Waals surface area contributed by atoms with Crippen molar-refractivity contribution in [2.24, 2.45) is 12.0 Å². The summed E-state index contributed by atoms with van der Waals surface area (Å²) in [5.74, 6) is 1.05. The monoisotopic (exact) mass is 521 g/mol. The number of aliphatic imine (C=N–C) groups is 1. The molecule has 9 nitrogen and oxygen atoms in total. The van der Waals surface area contributed by atoms with Crippen LogP contribution in [0.1, 0.15) is 5.69 Å². The molecule has 34 heavy (non-hydrogen) atoms. The number of carboxylic acids is 1. The Kier molecular flexibility index (Phi) is 5.89. The third-order valence-electron chi connectivity index (χ3n) is 5.27. The highest BCUT2D eigenvalue weighted by atomic mass is 79.9. The first-order chi connectivity index (χ1) is 16.5. The fraction of sp³-hybridized carbons (Fsp3) is 0.167. The molecule has 0 atom stereocenters. The Morgan fingerprint density at radius 2 is 2.03 bits per heavy atom. The molecule has 2 aromatic heterocycles. The molecule has 3 heterocycles. The van der Waals surface area contributed by atoms with Gasteiger partial charge in [0.2, 0.25) is 0 Å². The van der Waals surface area contributed by atoms with Crippen LogP contribution in [0.15, 0.2) is 58.0 Å². The minimum absolute atomic E-state index is 0.308. The molecule has 2 N–H and O–H groups in total. The van der Waals surface area contributed by atoms with Gasteiger partial charge in [-0.3, -0.25) is 14.5 Å². The lowest BCUT2D eigenvalue weighted by Crippen LogP contribution is -2.15. The summed E-state index contributed by atoms with van der Waals surface area (Å²) in [4.78, 5) is 19.2. The predicted octanol–water partition coefficient (Wildman–Crippen LogP) is 4.42. The van der Waals surface area contributed by atoms with Crippen LogP contribution in [0.5, 0.6) is 11.5 Å². The minimum Gasteiger partial charge on any atom is -0.486 e. The van der Waals surface area contributed by atoms with Gasteiger partial charge < -0.3 is 19.9 Å². The molecule has 0 saturated carbocycles. The Balaban J connectivity index is 1.48. The van der Waals surface area contributed by atoms with E-state index in [1.54, 1.807) is 10.7 Å². The summed E-state index contributed by atoms with van der Waals surface area (Å²) >= 11 is 3.74. The maximum Gasteiger partial charge on any atom is 0.325 e. The van der Waals surface area contributed by atoms with Gasteiger partial charge in [0, 0.05) is 17.7 Å². The first-order valence-electron chi connectivity index (χ1n) is 10.5. The van der Waals surface area contributed by atoms with Crippen LogP contribution in [0.4, 0.5) is 11.5 Å². The maximum atomic E-state index is 10.7. The molecule has 0 radical (unpaired) electrons. The normalized spacial score (nSPS) is 12.9. The van der Waals surface area contributed by atoms with E-state index < -0.39 is 5.97 Å². The zero-order valence-corrected chi connectivity index (χ0v) is 19.7. The number of fused-ring (bicyclic) bond motifs is 2. The summed E-state index contributed by atoms with van der Waals surface area (Å²) in [6.45, 7) is 0.772. The van der Waals surface area contributed by atoms with E-state index in [9.17, 15) is 4.79 Å². The SMILES string of the molecule is Cn1nc(Nc2cccc(-c3ccc4c(c3)OCCO4)c2Br)c2nc(C=NCC(=O)O)ccc21. The number of benzene rings is 2. The number of anilines is 2. The van der Waals surface area contributed by atoms with Crippen LogP contribution >= 0.6 is 15.9 Å². The van der Waals surface area contributed by atoms with Crippen molar-refractivity contribution in [3.8, 4) is 22.6 Å². The summed E-state index contributed by atoms with van der Waals surface area (Å²) in [5, 5.41) is 16.7. The molecule has 5 rings (SSSR count). The van der Waals surface area contributed by atoms with Crippen molar-refractivity contribution < 1.29 is 19.4 Å². The Hall–Kier alpha value is -3.92. The number of hydrogen-bond acceptors (Lipinski definition) is 7. The van der Waals surface area contributed by atoms with E-state index in [1.165, 1.54) is 6.21 Å². The number of nitrogens with zero attached hydrogens (tertiary/aromatic N) is 4. The van der Waals surface area contributed by atoms with E-state index >= 15 is 0 Å². The molecule has 0 aliphatic carbocycles. The lowest BCUT2D eigenvalue weighted by atomic mass is 10.0. The largest absolute Gasteiger partial charge is 0.486 e. The minimum atomic E-state index is -0.996. The molecule has 0 amide bonds. The molecule has 0 spiro atoms. The van der Waals surface area contributed by atoms with E-state index in [0.717, 1.165) is 38.3 Å². The van der Waals surface area contributed by atoms with Crippen molar-refractivity contribution in [3.05, 3.63) is 58.7 Å². The number of aliphatic carboxylic acids is 1. The topological polar surface area (TPSA) is 111 Å². The molecule has 1 aliphatic rings. The highest BCUT2D eigenvalue weighted by Gasteiger charge is 2.17. The third-order valence-corrected chi connectivity index (χ3v) is 6.13. The molecule has 0 unspecified atom stereocenters. The maximum absolute atomic E-state index is 10.7. The third kappa shape index (κ3) is 4.32. The molecule has 2 aromatic carbocycles. The van der Waals surface area contributed by atoms with Gasteiger partial charge in [0.25, 0.3) is 0 Å². The zero-order chi connectivity index (χ0) is 23.7. The average molecular weight is 522 g/mol. The van der Waals surface area contributed by atoms with Gasteiger partial charge in [-0.15, -0.1) is 0 Å². The smallest absolute Gasteiger partial charge is 0.325 e. The number of aryl methyl sites for hydroxylation is 1. The number of pyridine rings is 1. The summed E-state index contributed by atoms with van der Waals surface area (Å²) in [6.07, 6.45) is 1.45. The number of rotatable bonds is 6. The number of carboxylic acid groups (broad SMARTS) is 1. The van der Waals surface area contributed by atoms with E-state index in [0.29, 0.717) is 30.2 Å². The molecule has 0 bridgehead atoms. The van der Waals surface area contributed by atoms with Crippen LogP contribution in [0.25, 0.3) is 22.2 Å². The lowest BCUT2D eigenvalue weighted by molar-refractivity contribution is -0.135. The Morgan fingerprint density at radius 1 is 1.21 bits per heavy atom. The molecule has 0 fully saturated rings. The second-order valence-corrected chi connectivity index (χ2v) is 8.38. The van der Waals surface area contributed by atoms with Gasteiger partial charge >= 0.3 is 5.97 Å². The average Bonchev–Trinajstić information content (AvgIpc) is 3.14. The second-order valence-electron chi connectivity index (χ2n) is 7.59. The van der Waals surface area contributed by atoms with Crippen LogP contribution < -0.4 is 14.8 Å². The summed E-state index contributed by atoms with van der Waals surface area (Å²) < 4.78 is 14.0. The van der Waals surface area contributed by atoms with Gasteiger partial charge in [-0.25, -0.2) is 4.98 Å². The van der Waals surface area contributed by atoms with Crippen molar-refractivity contribution >= 4 is 50.7 Å². The number of hydrogen-bond donors (Lipinski definition) is 2. The summed E-state index contributed by atoms with van der Waals surface area (Å²) in [6, 6.07) is 15.5. The fourth-order valence-corrected chi connectivity index (χ4v) is 4.31. The van der Waals surface area contributed by atoms with E-state index in [-0.39, 0.29) is 6.54 Å². The van der Waals surface area contributed by atoms with Gasteiger partial charge in [-0.1, -0.05) is 18.2 Å². The molecular weight excluding hydrogens is 502 g/mol. The van der Waals surface area contributed by atoms with Crippen molar-refractivity contribution in [2.75, 3.05) is 25.1 Å². The van der Waals surface area contributed by atoms with E-state index in [2.05, 4.69) is 36.3 Å². The highest BCUT2D eigenvalue weighted by molar-refractivity contribution is 9.10. The molecule has 10 heteroatoms. The molecule has 172 valence electrons. The fourth-order valence-electron chi connectivity index (χ4n) is 3.72. The van der Waals surface area contributed by atoms with Gasteiger partial charge in [0.05, 0.1) is 16.9 Å². The lowest BCUT2D eigenvalue weighted by Gasteiger charge is -2.19. The number of carbonyl (C=O) groups is 1. The molecule has 0 saturated heterocycles. The number of ether oxygens (including phenoxy) is 2. The van der Waals surface area contributed by atoms with E-state index in [1.807, 2.05) is 49.5 Å². The van der Waals surface area contributed by atoms with Gasteiger partial charge in [-0.2, -0.15) is 5.10 Å². The number of halogens is 1. The number of aromatic nitrogens is 3. The van der Waals surface area contributed by atoms with Crippen molar-refractivity contribution in [1.29, 1.82) is 0 Å². The standard InChI is InChI=1S/C24H20BrN5O4/c1-30-18-7-6-15(12-26-13-21(31)32)27-23(18)24(29-30)28-17-4-2-3-16(22(17)25)14-5-8-19-20(11-14)34-10-9-33-19/h2-8,11-12H,9-10,13H2,1H3,(H,28,29)(H,31,32). The van der Waals surface area contributed by atoms with Gasteiger partial charge in [0.15, 0.2) is 17.3 Å². The van der Waals surface area contributed by atoms with Crippen LogP contribution in [0.3, 0.4) is 0 Å². The van der Waals surface area contributed by atoms with Gasteiger partial charge in [-0.05, 0) is 57.4 Å². The zero-order valence-electron chi connectivity index (χ0n) is 18.2. The van der Waals surface area contributed by atoms with Crippen molar-refractivity contribution in [1.82, 2.24) is 14.8 Å². The predicted molar refractivity (Wildman–Crippen MR) is 132 cm³/mol. The quantitative estimate of drug-likeness (QED) is 0.361. The molecular formula is C24H20BrN5O4. The Bertz CT molecular complexity index is 1430. The first kappa shape index (κ1) is 21.9. The molecule has 1 aliphatic heterocycles. The Labute approximate surface area is 203 Å². The van der Waals surface area contributed by atoms with Crippen LogP contribution in [0.2, 0.25) is 0 Å². The summed E-state index contributed by atoms with van der Waals surface area (Å²) in [5.41, 5.74) is 4.82.